The molecule has 4 nitrogen and oxygen atoms in total. The van der Waals surface area contributed by atoms with Gasteiger partial charge in [-0.3, -0.25) is 0 Å². The Kier molecular flexibility index (Phi) is 4.18. The van der Waals surface area contributed by atoms with Gasteiger partial charge in [-0.1, -0.05) is 12.1 Å². The Morgan fingerprint density at radius 3 is 2.52 bits per heavy atom. The summed E-state index contributed by atoms with van der Waals surface area (Å²) in [5.41, 5.74) is -4.02. The van der Waals surface area contributed by atoms with Gasteiger partial charge in [-0.05, 0) is 30.5 Å². The Morgan fingerprint density at radius 1 is 1.19 bits per heavy atom. The zero-order chi connectivity index (χ0) is 15.7. The van der Waals surface area contributed by atoms with Crippen molar-refractivity contribution in [3.8, 4) is 5.75 Å². The van der Waals surface area contributed by atoms with Crippen molar-refractivity contribution in [1.82, 2.24) is 0 Å². The van der Waals surface area contributed by atoms with Gasteiger partial charge in [0.25, 0.3) is 0 Å². The fourth-order valence-electron chi connectivity index (χ4n) is 2.09. The Morgan fingerprint density at radius 2 is 1.90 bits per heavy atom. The summed E-state index contributed by atoms with van der Waals surface area (Å²) in [5.74, 6) is 0.218. The average Bonchev–Trinajstić information content (AvgIpc) is 2.58. The standard InChI is InChI=1S/C13H13F3O4S/c1-19-12-7-3-5-9-4-2-6-10(8-11(9)12)20-21(17,18)13(14,15)16/h3,5,7-8H,2,4,6H2,1H3. The Hall–Kier alpha value is -1.70. The van der Waals surface area contributed by atoms with Gasteiger partial charge < -0.3 is 8.92 Å². The Labute approximate surface area is 120 Å². The van der Waals surface area contributed by atoms with Gasteiger partial charge in [0.2, 0.25) is 0 Å². The minimum atomic E-state index is -5.64. The quantitative estimate of drug-likeness (QED) is 0.633. The van der Waals surface area contributed by atoms with Crippen LogP contribution in [0.5, 0.6) is 5.75 Å². The van der Waals surface area contributed by atoms with Crippen LogP contribution >= 0.6 is 0 Å². The summed E-state index contributed by atoms with van der Waals surface area (Å²) in [6.45, 7) is 0. The van der Waals surface area contributed by atoms with Gasteiger partial charge >= 0.3 is 15.6 Å². The predicted octanol–water partition coefficient (Wildman–Crippen LogP) is 3.24. The molecular weight excluding hydrogens is 309 g/mol. The van der Waals surface area contributed by atoms with Gasteiger partial charge in [-0.2, -0.15) is 21.6 Å². The molecular formula is C13H13F3O4S. The lowest BCUT2D eigenvalue weighted by Gasteiger charge is -2.12. The van der Waals surface area contributed by atoms with E-state index >= 15 is 0 Å². The normalized spacial score (nSPS) is 15.7. The van der Waals surface area contributed by atoms with E-state index in [1.54, 1.807) is 12.1 Å². The van der Waals surface area contributed by atoms with Crippen LogP contribution in [-0.4, -0.2) is 21.0 Å². The van der Waals surface area contributed by atoms with Crippen molar-refractivity contribution in [2.24, 2.45) is 0 Å². The number of methoxy groups -OCH3 is 1. The van der Waals surface area contributed by atoms with Gasteiger partial charge in [0, 0.05) is 12.0 Å². The van der Waals surface area contributed by atoms with Crippen LogP contribution in [0.1, 0.15) is 24.0 Å². The van der Waals surface area contributed by atoms with Crippen LogP contribution in [0.3, 0.4) is 0 Å². The number of hydrogen-bond donors (Lipinski definition) is 0. The van der Waals surface area contributed by atoms with E-state index in [1.165, 1.54) is 13.2 Å². The van der Waals surface area contributed by atoms with Crippen LogP contribution in [-0.2, 0) is 20.7 Å². The molecule has 0 aromatic heterocycles. The first-order valence-electron chi connectivity index (χ1n) is 6.12. The van der Waals surface area contributed by atoms with E-state index in [1.807, 2.05) is 6.07 Å². The molecule has 8 heteroatoms. The minimum Gasteiger partial charge on any atom is -0.496 e. The number of ether oxygens (including phenoxy) is 1. The largest absolute Gasteiger partial charge is 0.534 e. The Bertz CT molecular complexity index is 662. The number of allylic oxidation sites excluding steroid dienone is 1. The molecule has 0 amide bonds. The molecule has 0 bridgehead atoms. The lowest BCUT2D eigenvalue weighted by atomic mass is 10.0. The van der Waals surface area contributed by atoms with Gasteiger partial charge in [-0.25, -0.2) is 0 Å². The third-order valence-electron chi connectivity index (χ3n) is 3.05. The number of halogens is 3. The highest BCUT2D eigenvalue weighted by molar-refractivity contribution is 7.87. The molecule has 0 heterocycles. The first kappa shape index (κ1) is 15.7. The van der Waals surface area contributed by atoms with E-state index < -0.39 is 15.6 Å². The molecule has 2 rings (SSSR count). The summed E-state index contributed by atoms with van der Waals surface area (Å²) >= 11 is 0. The smallest absolute Gasteiger partial charge is 0.496 e. The second-order valence-electron chi connectivity index (χ2n) is 4.48. The van der Waals surface area contributed by atoms with Crippen molar-refractivity contribution in [1.29, 1.82) is 0 Å². The molecule has 0 unspecified atom stereocenters. The molecule has 1 aromatic carbocycles. The first-order valence-corrected chi connectivity index (χ1v) is 7.52. The number of benzene rings is 1. The summed E-state index contributed by atoms with van der Waals surface area (Å²) in [7, 11) is -4.21. The van der Waals surface area contributed by atoms with Crippen LogP contribution in [0, 0.1) is 0 Å². The molecule has 1 aliphatic carbocycles. The van der Waals surface area contributed by atoms with Crippen LogP contribution in [0.15, 0.2) is 24.0 Å². The summed E-state index contributed by atoms with van der Waals surface area (Å²) in [6, 6.07) is 5.23. The SMILES string of the molecule is COc1cccc2c1C=C(OS(=O)(=O)C(F)(F)F)CCC2. The highest BCUT2D eigenvalue weighted by Crippen LogP contribution is 2.33. The molecule has 0 saturated carbocycles. The topological polar surface area (TPSA) is 52.6 Å². The summed E-state index contributed by atoms with van der Waals surface area (Å²) < 4.78 is 68.6. The van der Waals surface area contributed by atoms with E-state index in [-0.39, 0.29) is 12.2 Å². The molecule has 0 spiro atoms. The lowest BCUT2D eigenvalue weighted by Crippen LogP contribution is -2.25. The van der Waals surface area contributed by atoms with Crippen LogP contribution in [0.4, 0.5) is 13.2 Å². The second-order valence-corrected chi connectivity index (χ2v) is 6.02. The van der Waals surface area contributed by atoms with Gasteiger partial charge in [0.1, 0.15) is 11.5 Å². The minimum absolute atomic E-state index is 0.104. The fourth-order valence-corrected chi connectivity index (χ4v) is 2.60. The molecule has 0 atom stereocenters. The second kappa shape index (κ2) is 5.59. The zero-order valence-electron chi connectivity index (χ0n) is 11.1. The third-order valence-corrected chi connectivity index (χ3v) is 4.05. The highest BCUT2D eigenvalue weighted by Gasteiger charge is 2.48. The van der Waals surface area contributed by atoms with Crippen LogP contribution in [0.2, 0.25) is 0 Å². The van der Waals surface area contributed by atoms with Crippen molar-refractivity contribution in [3.05, 3.63) is 35.1 Å². The highest BCUT2D eigenvalue weighted by atomic mass is 32.2. The molecule has 0 radical (unpaired) electrons. The number of alkyl halides is 3. The van der Waals surface area contributed by atoms with Crippen molar-refractivity contribution in [3.63, 3.8) is 0 Å². The summed E-state index contributed by atoms with van der Waals surface area (Å²) in [6.07, 6.45) is 2.49. The molecule has 21 heavy (non-hydrogen) atoms. The van der Waals surface area contributed by atoms with E-state index in [4.69, 9.17) is 4.74 Å². The molecule has 0 aliphatic heterocycles. The fraction of sp³-hybridized carbons (Fsp3) is 0.385. The van der Waals surface area contributed by atoms with E-state index in [9.17, 15) is 21.6 Å². The van der Waals surface area contributed by atoms with Gasteiger partial charge in [0.15, 0.2) is 0 Å². The van der Waals surface area contributed by atoms with E-state index in [0.717, 1.165) is 5.56 Å². The third kappa shape index (κ3) is 3.31. The van der Waals surface area contributed by atoms with E-state index in [0.29, 0.717) is 24.2 Å². The maximum atomic E-state index is 12.4. The van der Waals surface area contributed by atoms with Crippen molar-refractivity contribution in [2.75, 3.05) is 7.11 Å². The molecule has 116 valence electrons. The van der Waals surface area contributed by atoms with Crippen LogP contribution in [0.25, 0.3) is 6.08 Å². The van der Waals surface area contributed by atoms with Crippen molar-refractivity contribution < 1.29 is 30.5 Å². The van der Waals surface area contributed by atoms with Crippen LogP contribution < -0.4 is 4.74 Å². The van der Waals surface area contributed by atoms with Gasteiger partial charge in [-0.15, -0.1) is 0 Å². The predicted molar refractivity (Wildman–Crippen MR) is 70.0 cm³/mol. The number of fused-ring (bicyclic) bond motifs is 1. The molecule has 0 N–H and O–H groups in total. The lowest BCUT2D eigenvalue weighted by molar-refractivity contribution is -0.0522. The molecule has 0 fully saturated rings. The maximum Gasteiger partial charge on any atom is 0.534 e. The van der Waals surface area contributed by atoms with E-state index in [2.05, 4.69) is 4.18 Å². The molecule has 1 aliphatic rings. The first-order chi connectivity index (χ1) is 9.74. The molecule has 1 aromatic rings. The van der Waals surface area contributed by atoms with Crippen molar-refractivity contribution in [2.45, 2.75) is 24.8 Å². The van der Waals surface area contributed by atoms with Crippen molar-refractivity contribution >= 4 is 16.2 Å². The van der Waals surface area contributed by atoms with Gasteiger partial charge in [0.05, 0.1) is 7.11 Å². The number of hydrogen-bond acceptors (Lipinski definition) is 4. The number of rotatable bonds is 3. The molecule has 0 saturated heterocycles. The zero-order valence-corrected chi connectivity index (χ0v) is 11.9. The maximum absolute atomic E-state index is 12.4. The average molecular weight is 322 g/mol. The Balaban J connectivity index is 2.40. The summed E-state index contributed by atoms with van der Waals surface area (Å²) in [4.78, 5) is 0. The number of aryl methyl sites for hydroxylation is 1. The summed E-state index contributed by atoms with van der Waals surface area (Å²) in [5, 5.41) is 0. The monoisotopic (exact) mass is 322 g/mol.